The minimum atomic E-state index is 0. The average Bonchev–Trinajstić information content (AvgIpc) is 2.41. The quantitative estimate of drug-likeness (QED) is 0.880. The Labute approximate surface area is 138 Å². The number of carbonyl (C=O) groups is 1. The summed E-state index contributed by atoms with van der Waals surface area (Å²) in [6.07, 6.45) is 8.71. The first-order chi connectivity index (χ1) is 8.79. The van der Waals surface area contributed by atoms with Crippen LogP contribution in [0, 0.1) is 11.8 Å². The fraction of sp³-hybridized carbons (Fsp3) is 0.571. The van der Waals surface area contributed by atoms with Gasteiger partial charge in [0, 0.05) is 24.0 Å². The van der Waals surface area contributed by atoms with Gasteiger partial charge >= 0.3 is 0 Å². The van der Waals surface area contributed by atoms with E-state index in [9.17, 15) is 4.79 Å². The van der Waals surface area contributed by atoms with E-state index in [4.69, 9.17) is 5.73 Å². The van der Waals surface area contributed by atoms with Crippen molar-refractivity contribution < 1.29 is 10.3 Å². The van der Waals surface area contributed by atoms with Gasteiger partial charge in [-0.3, -0.25) is 9.78 Å². The topological polar surface area (TPSA) is 99.5 Å². The summed E-state index contributed by atoms with van der Waals surface area (Å²) < 4.78 is 0. The number of nitrogens with two attached hydrogens (primary N) is 1. The monoisotopic (exact) mass is 337 g/mol. The van der Waals surface area contributed by atoms with Crippen LogP contribution in [0.25, 0.3) is 0 Å². The number of pyridine rings is 1. The van der Waals surface area contributed by atoms with Crippen molar-refractivity contribution in [3.05, 3.63) is 24.5 Å². The molecule has 0 saturated heterocycles. The maximum atomic E-state index is 12.1. The van der Waals surface area contributed by atoms with Crippen molar-refractivity contribution in [2.24, 2.45) is 17.6 Å². The van der Waals surface area contributed by atoms with Crippen LogP contribution >= 0.6 is 24.8 Å². The van der Waals surface area contributed by atoms with E-state index in [2.05, 4.69) is 10.3 Å². The van der Waals surface area contributed by atoms with Crippen molar-refractivity contribution in [3.8, 4) is 0 Å². The molecule has 2 rings (SSSR count). The van der Waals surface area contributed by atoms with Crippen molar-refractivity contribution in [3.63, 3.8) is 0 Å². The highest BCUT2D eigenvalue weighted by atomic mass is 35.5. The number of hydrogen-bond donors (Lipinski definition) is 2. The van der Waals surface area contributed by atoms with Gasteiger partial charge in [0.2, 0.25) is 5.91 Å². The number of halogens is 2. The zero-order valence-electron chi connectivity index (χ0n) is 12.0. The second-order valence-electron chi connectivity index (χ2n) is 5.02. The van der Waals surface area contributed by atoms with E-state index in [-0.39, 0.29) is 42.1 Å². The summed E-state index contributed by atoms with van der Waals surface area (Å²) in [5.74, 6) is 1.03. The third-order valence-corrected chi connectivity index (χ3v) is 3.74. The Balaban J connectivity index is 0. The van der Waals surface area contributed by atoms with Crippen molar-refractivity contribution in [2.45, 2.75) is 32.1 Å². The molecule has 5 nitrogen and oxygen atoms in total. The first-order valence-corrected chi connectivity index (χ1v) is 6.70. The van der Waals surface area contributed by atoms with Crippen molar-refractivity contribution in [1.82, 2.24) is 4.98 Å². The highest BCUT2D eigenvalue weighted by Crippen LogP contribution is 2.31. The van der Waals surface area contributed by atoms with Gasteiger partial charge in [-0.05, 0) is 56.7 Å². The van der Waals surface area contributed by atoms with E-state index in [1.54, 1.807) is 12.4 Å². The number of aromatic nitrogens is 1. The molecule has 1 heterocycles. The number of rotatable bonds is 4. The molecule has 1 amide bonds. The van der Waals surface area contributed by atoms with E-state index in [0.29, 0.717) is 0 Å². The molecule has 1 aromatic rings. The summed E-state index contributed by atoms with van der Waals surface area (Å²) in [6, 6.07) is 3.63. The number of anilines is 1. The molecular formula is C14H25Cl2N3O2. The second kappa shape index (κ2) is 11.7. The molecule has 1 aromatic heterocycles. The van der Waals surface area contributed by atoms with Gasteiger partial charge in [0.05, 0.1) is 0 Å². The number of carbonyl (C=O) groups excluding carboxylic acids is 1. The van der Waals surface area contributed by atoms with Gasteiger partial charge in [-0.15, -0.1) is 24.8 Å². The number of nitrogens with zero attached hydrogens (tertiary/aromatic N) is 1. The standard InChI is InChI=1S/C14H21N3O.2ClH.H2O/c15-8-5-11-1-3-12(4-2-11)14(18)17-13-6-9-16-10-7-13;;;/h6-7,9-12H,1-5,8,15H2,(H,16,17,18);2*1H;1H2/t11-,12-;;;. The van der Waals surface area contributed by atoms with Gasteiger partial charge in [0.1, 0.15) is 0 Å². The predicted molar refractivity (Wildman–Crippen MR) is 90.1 cm³/mol. The zero-order chi connectivity index (χ0) is 12.8. The summed E-state index contributed by atoms with van der Waals surface area (Å²) in [7, 11) is 0. The van der Waals surface area contributed by atoms with Crippen LogP contribution in [0.1, 0.15) is 32.1 Å². The van der Waals surface area contributed by atoms with Crippen molar-refractivity contribution in [1.29, 1.82) is 0 Å². The fourth-order valence-corrected chi connectivity index (χ4v) is 2.63. The Bertz CT molecular complexity index is 385. The largest absolute Gasteiger partial charge is 0.412 e. The van der Waals surface area contributed by atoms with Crippen molar-refractivity contribution >= 4 is 36.4 Å². The molecule has 5 N–H and O–H groups in total. The fourth-order valence-electron chi connectivity index (χ4n) is 2.63. The highest BCUT2D eigenvalue weighted by Gasteiger charge is 2.25. The molecule has 0 spiro atoms. The lowest BCUT2D eigenvalue weighted by atomic mass is 9.80. The van der Waals surface area contributed by atoms with Gasteiger partial charge < -0.3 is 16.5 Å². The van der Waals surface area contributed by atoms with Crippen LogP contribution in [0.15, 0.2) is 24.5 Å². The van der Waals surface area contributed by atoms with Crippen LogP contribution in [0.2, 0.25) is 0 Å². The Hall–Kier alpha value is -0.880. The molecule has 1 fully saturated rings. The molecule has 1 saturated carbocycles. The van der Waals surface area contributed by atoms with Crippen LogP contribution in [0.5, 0.6) is 0 Å². The summed E-state index contributed by atoms with van der Waals surface area (Å²) in [6.45, 7) is 0.762. The summed E-state index contributed by atoms with van der Waals surface area (Å²) >= 11 is 0. The van der Waals surface area contributed by atoms with E-state index in [0.717, 1.165) is 50.3 Å². The summed E-state index contributed by atoms with van der Waals surface area (Å²) in [4.78, 5) is 16.0. The predicted octanol–water partition coefficient (Wildman–Crippen LogP) is 2.19. The highest BCUT2D eigenvalue weighted by molar-refractivity contribution is 5.92. The normalized spacial score (nSPS) is 20.2. The van der Waals surface area contributed by atoms with Gasteiger partial charge in [-0.2, -0.15) is 0 Å². The summed E-state index contributed by atoms with van der Waals surface area (Å²) in [5, 5.41) is 2.95. The maximum Gasteiger partial charge on any atom is 0.227 e. The minimum absolute atomic E-state index is 0. The molecule has 1 aliphatic carbocycles. The van der Waals surface area contributed by atoms with Crippen LogP contribution in [-0.2, 0) is 4.79 Å². The third-order valence-electron chi connectivity index (χ3n) is 3.74. The lowest BCUT2D eigenvalue weighted by molar-refractivity contribution is -0.121. The second-order valence-corrected chi connectivity index (χ2v) is 5.02. The molecule has 0 aromatic carbocycles. The SMILES string of the molecule is Cl.Cl.NCC[C@H]1CC[C@H](C(=O)Nc2ccncc2)CC1.O. The van der Waals surface area contributed by atoms with Gasteiger partial charge in [-0.25, -0.2) is 0 Å². The van der Waals surface area contributed by atoms with Gasteiger partial charge in [0.25, 0.3) is 0 Å². The Morgan fingerprint density at radius 3 is 2.29 bits per heavy atom. The van der Waals surface area contributed by atoms with E-state index in [1.165, 1.54) is 0 Å². The molecule has 0 radical (unpaired) electrons. The third kappa shape index (κ3) is 7.09. The Morgan fingerprint density at radius 1 is 1.19 bits per heavy atom. The van der Waals surface area contributed by atoms with Crippen LogP contribution in [-0.4, -0.2) is 22.9 Å². The van der Waals surface area contributed by atoms with E-state index < -0.39 is 0 Å². The van der Waals surface area contributed by atoms with Gasteiger partial charge in [-0.1, -0.05) is 0 Å². The molecule has 122 valence electrons. The average molecular weight is 338 g/mol. The maximum absolute atomic E-state index is 12.1. The molecule has 0 atom stereocenters. The summed E-state index contributed by atoms with van der Waals surface area (Å²) in [5.41, 5.74) is 6.40. The zero-order valence-corrected chi connectivity index (χ0v) is 13.6. The minimum Gasteiger partial charge on any atom is -0.412 e. The number of amides is 1. The first kappa shape index (κ1) is 22.4. The molecule has 1 aliphatic rings. The number of nitrogens with one attached hydrogen (secondary N) is 1. The van der Waals surface area contributed by atoms with Crippen LogP contribution in [0.3, 0.4) is 0 Å². The van der Waals surface area contributed by atoms with Crippen LogP contribution in [0.4, 0.5) is 5.69 Å². The van der Waals surface area contributed by atoms with Gasteiger partial charge in [0.15, 0.2) is 0 Å². The lowest BCUT2D eigenvalue weighted by Crippen LogP contribution is -2.27. The smallest absolute Gasteiger partial charge is 0.227 e. The van der Waals surface area contributed by atoms with E-state index >= 15 is 0 Å². The lowest BCUT2D eigenvalue weighted by Gasteiger charge is -2.27. The molecule has 0 unspecified atom stereocenters. The van der Waals surface area contributed by atoms with E-state index in [1.807, 2.05) is 12.1 Å². The Kier molecular flexibility index (Phi) is 12.5. The Morgan fingerprint density at radius 2 is 1.76 bits per heavy atom. The number of hydrogen-bond acceptors (Lipinski definition) is 3. The van der Waals surface area contributed by atoms with Crippen molar-refractivity contribution in [2.75, 3.05) is 11.9 Å². The molecule has 0 bridgehead atoms. The first-order valence-electron chi connectivity index (χ1n) is 6.70. The molecule has 7 heteroatoms. The molecular weight excluding hydrogens is 313 g/mol. The van der Waals surface area contributed by atoms with Crippen LogP contribution < -0.4 is 11.1 Å². The molecule has 0 aliphatic heterocycles. The molecule has 21 heavy (non-hydrogen) atoms.